The topological polar surface area (TPSA) is 75.3 Å². The van der Waals surface area contributed by atoms with Gasteiger partial charge in [-0.05, 0) is 12.1 Å². The zero-order chi connectivity index (χ0) is 13.2. The standard InChI is InChI=1S/C11H14N2O3S2/c1-18(15,16)10-5-3-2-4-8(10)13-11(14)9-6-17-7-12-9/h2-5,9,12H,6-7H2,1H3,(H,13,14). The van der Waals surface area contributed by atoms with E-state index in [0.717, 1.165) is 12.1 Å². The molecule has 0 aliphatic carbocycles. The Labute approximate surface area is 110 Å². The number of carbonyl (C=O) groups is 1. The molecule has 1 heterocycles. The van der Waals surface area contributed by atoms with Crippen LogP contribution in [-0.4, -0.2) is 38.3 Å². The van der Waals surface area contributed by atoms with Crippen molar-refractivity contribution in [1.29, 1.82) is 0 Å². The van der Waals surface area contributed by atoms with Crippen LogP contribution in [0, 0.1) is 0 Å². The zero-order valence-corrected chi connectivity index (χ0v) is 11.5. The summed E-state index contributed by atoms with van der Waals surface area (Å²) in [5, 5.41) is 5.70. The van der Waals surface area contributed by atoms with E-state index in [-0.39, 0.29) is 16.8 Å². The van der Waals surface area contributed by atoms with Crippen molar-refractivity contribution in [3.8, 4) is 0 Å². The van der Waals surface area contributed by atoms with Crippen molar-refractivity contribution in [2.24, 2.45) is 0 Å². The van der Waals surface area contributed by atoms with Crippen LogP contribution in [0.25, 0.3) is 0 Å². The van der Waals surface area contributed by atoms with Gasteiger partial charge in [-0.3, -0.25) is 10.1 Å². The number of amides is 1. The predicted octanol–water partition coefficient (Wildman–Crippen LogP) is 0.691. The lowest BCUT2D eigenvalue weighted by Gasteiger charge is -2.13. The van der Waals surface area contributed by atoms with Crippen LogP contribution >= 0.6 is 11.8 Å². The third-order valence-corrected chi connectivity index (χ3v) is 4.67. The van der Waals surface area contributed by atoms with E-state index in [0.29, 0.717) is 11.4 Å². The first-order chi connectivity index (χ1) is 8.48. The van der Waals surface area contributed by atoms with Crippen LogP contribution in [0.15, 0.2) is 29.2 Å². The molecular weight excluding hydrogens is 272 g/mol. The highest BCUT2D eigenvalue weighted by molar-refractivity contribution is 7.99. The van der Waals surface area contributed by atoms with Gasteiger partial charge in [-0.2, -0.15) is 0 Å². The number of benzene rings is 1. The first kappa shape index (κ1) is 13.4. The number of anilines is 1. The van der Waals surface area contributed by atoms with Crippen molar-refractivity contribution in [2.75, 3.05) is 23.2 Å². The quantitative estimate of drug-likeness (QED) is 0.855. The number of nitrogens with one attached hydrogen (secondary N) is 2. The Kier molecular flexibility index (Phi) is 3.94. The van der Waals surface area contributed by atoms with Crippen molar-refractivity contribution in [2.45, 2.75) is 10.9 Å². The molecule has 1 amide bonds. The summed E-state index contributed by atoms with van der Waals surface area (Å²) in [6.45, 7) is 0. The highest BCUT2D eigenvalue weighted by Gasteiger charge is 2.24. The lowest BCUT2D eigenvalue weighted by molar-refractivity contribution is -0.117. The molecule has 18 heavy (non-hydrogen) atoms. The van der Waals surface area contributed by atoms with Gasteiger partial charge in [0.1, 0.15) is 0 Å². The smallest absolute Gasteiger partial charge is 0.242 e. The number of carbonyl (C=O) groups excluding carboxylic acids is 1. The molecule has 1 aromatic rings. The number of sulfone groups is 1. The van der Waals surface area contributed by atoms with E-state index < -0.39 is 9.84 Å². The molecule has 1 saturated heterocycles. The molecule has 0 bridgehead atoms. The fraction of sp³-hybridized carbons (Fsp3) is 0.364. The van der Waals surface area contributed by atoms with Crippen LogP contribution in [0.4, 0.5) is 5.69 Å². The van der Waals surface area contributed by atoms with Gasteiger partial charge < -0.3 is 5.32 Å². The summed E-state index contributed by atoms with van der Waals surface area (Å²) in [4.78, 5) is 12.1. The number of rotatable bonds is 3. The van der Waals surface area contributed by atoms with E-state index in [2.05, 4.69) is 10.6 Å². The van der Waals surface area contributed by atoms with E-state index >= 15 is 0 Å². The fourth-order valence-electron chi connectivity index (χ4n) is 1.68. The van der Waals surface area contributed by atoms with Crippen LogP contribution in [-0.2, 0) is 14.6 Å². The van der Waals surface area contributed by atoms with Gasteiger partial charge in [0.15, 0.2) is 9.84 Å². The normalized spacial score (nSPS) is 19.7. The monoisotopic (exact) mass is 286 g/mol. The van der Waals surface area contributed by atoms with Crippen molar-refractivity contribution < 1.29 is 13.2 Å². The Bertz CT molecular complexity index is 551. The number of thioether (sulfide) groups is 1. The number of hydrogen-bond acceptors (Lipinski definition) is 5. The van der Waals surface area contributed by atoms with Gasteiger partial charge in [-0.25, -0.2) is 8.42 Å². The SMILES string of the molecule is CS(=O)(=O)c1ccccc1NC(=O)C1CSCN1. The summed E-state index contributed by atoms with van der Waals surface area (Å²) in [5.74, 6) is 1.25. The molecule has 2 rings (SSSR count). The molecule has 1 unspecified atom stereocenters. The van der Waals surface area contributed by atoms with Gasteiger partial charge in [0, 0.05) is 17.9 Å². The molecule has 0 radical (unpaired) electrons. The number of hydrogen-bond donors (Lipinski definition) is 2. The first-order valence-electron chi connectivity index (χ1n) is 5.39. The number of para-hydroxylation sites is 1. The van der Waals surface area contributed by atoms with Crippen molar-refractivity contribution in [3.05, 3.63) is 24.3 Å². The zero-order valence-electron chi connectivity index (χ0n) is 9.84. The van der Waals surface area contributed by atoms with Gasteiger partial charge in [0.2, 0.25) is 5.91 Å². The Morgan fingerprint density at radius 2 is 2.17 bits per heavy atom. The maximum atomic E-state index is 11.9. The van der Waals surface area contributed by atoms with Gasteiger partial charge in [0.05, 0.1) is 16.6 Å². The van der Waals surface area contributed by atoms with Gasteiger partial charge in [0.25, 0.3) is 0 Å². The van der Waals surface area contributed by atoms with Crippen LogP contribution in [0.2, 0.25) is 0 Å². The first-order valence-corrected chi connectivity index (χ1v) is 8.44. The lowest BCUT2D eigenvalue weighted by Crippen LogP contribution is -2.37. The Balaban J connectivity index is 2.21. The summed E-state index contributed by atoms with van der Waals surface area (Å²) in [6, 6.07) is 6.15. The molecule has 98 valence electrons. The van der Waals surface area contributed by atoms with Crippen LogP contribution in [0.3, 0.4) is 0 Å². The van der Waals surface area contributed by atoms with E-state index in [9.17, 15) is 13.2 Å². The average molecular weight is 286 g/mol. The van der Waals surface area contributed by atoms with Gasteiger partial charge >= 0.3 is 0 Å². The lowest BCUT2D eigenvalue weighted by atomic mass is 10.2. The summed E-state index contributed by atoms with van der Waals surface area (Å²) in [5.41, 5.74) is 0.337. The van der Waals surface area contributed by atoms with Gasteiger partial charge in [-0.15, -0.1) is 11.8 Å². The third-order valence-electron chi connectivity index (χ3n) is 2.58. The van der Waals surface area contributed by atoms with E-state index in [1.807, 2.05) is 0 Å². The largest absolute Gasteiger partial charge is 0.324 e. The van der Waals surface area contributed by atoms with Gasteiger partial charge in [-0.1, -0.05) is 12.1 Å². The highest BCUT2D eigenvalue weighted by atomic mass is 32.2. The summed E-state index contributed by atoms with van der Waals surface area (Å²) in [6.07, 6.45) is 1.13. The van der Waals surface area contributed by atoms with E-state index in [4.69, 9.17) is 0 Å². The minimum atomic E-state index is -3.34. The highest BCUT2D eigenvalue weighted by Crippen LogP contribution is 2.21. The predicted molar refractivity (Wildman–Crippen MR) is 72.4 cm³/mol. The Hall–Kier alpha value is -1.05. The minimum Gasteiger partial charge on any atom is -0.324 e. The maximum Gasteiger partial charge on any atom is 0.242 e. The molecule has 1 aromatic carbocycles. The molecule has 7 heteroatoms. The van der Waals surface area contributed by atoms with Crippen LogP contribution < -0.4 is 10.6 Å². The molecule has 1 aliphatic heterocycles. The molecule has 1 atom stereocenters. The summed E-state index contributed by atoms with van der Waals surface area (Å²) < 4.78 is 23.2. The molecule has 0 spiro atoms. The van der Waals surface area contributed by atoms with Crippen molar-refractivity contribution >= 4 is 33.2 Å². The molecule has 1 fully saturated rings. The van der Waals surface area contributed by atoms with E-state index in [1.54, 1.807) is 30.0 Å². The minimum absolute atomic E-state index is 0.143. The van der Waals surface area contributed by atoms with E-state index in [1.165, 1.54) is 6.07 Å². The molecular formula is C11H14N2O3S2. The Morgan fingerprint density at radius 3 is 2.78 bits per heavy atom. The molecule has 0 aromatic heterocycles. The van der Waals surface area contributed by atoms with Crippen LogP contribution in [0.1, 0.15) is 0 Å². The van der Waals surface area contributed by atoms with Crippen LogP contribution in [0.5, 0.6) is 0 Å². The molecule has 0 saturated carbocycles. The second-order valence-electron chi connectivity index (χ2n) is 4.03. The fourth-order valence-corrected chi connectivity index (χ4v) is 3.46. The summed E-state index contributed by atoms with van der Waals surface area (Å²) in [7, 11) is -3.34. The van der Waals surface area contributed by atoms with Crippen molar-refractivity contribution in [3.63, 3.8) is 0 Å². The molecule has 2 N–H and O–H groups in total. The Morgan fingerprint density at radius 1 is 1.44 bits per heavy atom. The van der Waals surface area contributed by atoms with Crippen molar-refractivity contribution in [1.82, 2.24) is 5.32 Å². The average Bonchev–Trinajstić information content (AvgIpc) is 2.81. The molecule has 5 nitrogen and oxygen atoms in total. The second-order valence-corrected chi connectivity index (χ2v) is 7.04. The molecule has 1 aliphatic rings. The maximum absolute atomic E-state index is 11.9. The third kappa shape index (κ3) is 3.04. The summed E-state index contributed by atoms with van der Waals surface area (Å²) >= 11 is 1.64. The second kappa shape index (κ2) is 5.29.